The number of hydrogen-bond acceptors (Lipinski definition) is 5. The lowest BCUT2D eigenvalue weighted by Crippen LogP contribution is -2.06. The number of aliphatic hydroxyl groups excluding tert-OH is 1. The summed E-state index contributed by atoms with van der Waals surface area (Å²) in [6.07, 6.45) is 3.49. The molecule has 0 saturated heterocycles. The molecule has 0 heterocycles. The maximum absolute atomic E-state index is 11.0. The van der Waals surface area contributed by atoms with Gasteiger partial charge in [-0.25, -0.2) is 0 Å². The monoisotopic (exact) mass is 227 g/mol. The summed E-state index contributed by atoms with van der Waals surface area (Å²) in [5.41, 5.74) is 0. The molecule has 0 aliphatic rings. The van der Waals surface area contributed by atoms with E-state index in [1.54, 1.807) is 0 Å². The van der Waals surface area contributed by atoms with Gasteiger partial charge in [-0.1, -0.05) is 24.6 Å². The minimum absolute atomic E-state index is 0.221. The summed E-state index contributed by atoms with van der Waals surface area (Å²) in [4.78, 5) is 11.0. The van der Waals surface area contributed by atoms with Gasteiger partial charge in [0, 0.05) is 13.7 Å². The molecule has 0 bridgehead atoms. The normalized spacial score (nSPS) is 15.6. The number of hydrogen-bond donors (Lipinski definition) is 1. The maximum Gasteiger partial charge on any atom is 0.115 e. The van der Waals surface area contributed by atoms with Crippen molar-refractivity contribution in [1.29, 1.82) is 0 Å². The zero-order valence-electron chi connectivity index (χ0n) is 7.77. The van der Waals surface area contributed by atoms with Crippen LogP contribution in [-0.2, 0) is 20.9 Å². The number of aliphatic hydroxyl groups is 1. The molecule has 0 saturated carbocycles. The van der Waals surface area contributed by atoms with E-state index in [4.69, 9.17) is 9.63 Å². The van der Waals surface area contributed by atoms with Crippen LogP contribution in [0.3, 0.4) is 0 Å². The molecule has 0 rings (SSSR count). The largest absolute Gasteiger partial charge is 0.780 e. The van der Waals surface area contributed by atoms with Gasteiger partial charge < -0.3 is 19.0 Å². The van der Waals surface area contributed by atoms with Crippen LogP contribution in [0.1, 0.15) is 25.7 Å². The first-order chi connectivity index (χ1) is 6.12. The second-order valence-corrected chi connectivity index (χ2v) is 5.46. The van der Waals surface area contributed by atoms with Crippen molar-refractivity contribution in [3.63, 3.8) is 0 Å². The molecule has 0 aromatic rings. The molecule has 0 spiro atoms. The summed E-state index contributed by atoms with van der Waals surface area (Å²) < 4.78 is 9.32. The minimum Gasteiger partial charge on any atom is -0.780 e. The highest BCUT2D eigenvalue weighted by Crippen LogP contribution is 2.37. The first-order valence-corrected chi connectivity index (χ1v) is 6.80. The van der Waals surface area contributed by atoms with E-state index in [1.807, 2.05) is 0 Å². The highest BCUT2D eigenvalue weighted by atomic mass is 32.5. The van der Waals surface area contributed by atoms with E-state index < -0.39 is 6.72 Å². The molecule has 1 atom stereocenters. The van der Waals surface area contributed by atoms with E-state index in [9.17, 15) is 4.89 Å². The zero-order valence-corrected chi connectivity index (χ0v) is 9.48. The molecule has 80 valence electrons. The average Bonchev–Trinajstić information content (AvgIpc) is 2.11. The van der Waals surface area contributed by atoms with Gasteiger partial charge in [0.1, 0.15) is 6.72 Å². The van der Waals surface area contributed by atoms with Gasteiger partial charge in [-0.15, -0.1) is 0 Å². The van der Waals surface area contributed by atoms with Gasteiger partial charge in [-0.05, 0) is 12.8 Å². The summed E-state index contributed by atoms with van der Waals surface area (Å²) in [6, 6.07) is 0. The van der Waals surface area contributed by atoms with Crippen molar-refractivity contribution in [2.24, 2.45) is 0 Å². The van der Waals surface area contributed by atoms with Crippen LogP contribution in [0.15, 0.2) is 0 Å². The lowest BCUT2D eigenvalue weighted by atomic mass is 10.2. The highest BCUT2D eigenvalue weighted by molar-refractivity contribution is 8.06. The van der Waals surface area contributed by atoms with E-state index in [2.05, 4.69) is 16.3 Å². The Labute approximate surface area is 84.1 Å². The second kappa shape index (κ2) is 7.85. The van der Waals surface area contributed by atoms with E-state index >= 15 is 0 Å². The van der Waals surface area contributed by atoms with Crippen molar-refractivity contribution < 1.29 is 19.0 Å². The Morgan fingerprint density at radius 2 is 1.92 bits per heavy atom. The van der Waals surface area contributed by atoms with Crippen LogP contribution >= 0.6 is 6.72 Å². The van der Waals surface area contributed by atoms with Crippen LogP contribution in [0.5, 0.6) is 0 Å². The minimum atomic E-state index is -3.20. The van der Waals surface area contributed by atoms with Gasteiger partial charge >= 0.3 is 0 Å². The van der Waals surface area contributed by atoms with Crippen LogP contribution in [0.4, 0.5) is 0 Å². The van der Waals surface area contributed by atoms with Crippen molar-refractivity contribution in [2.45, 2.75) is 25.7 Å². The fourth-order valence-electron chi connectivity index (χ4n) is 0.796. The van der Waals surface area contributed by atoms with Crippen LogP contribution in [0.2, 0.25) is 0 Å². The Morgan fingerprint density at radius 1 is 1.31 bits per heavy atom. The van der Waals surface area contributed by atoms with Crippen molar-refractivity contribution in [2.75, 3.05) is 20.3 Å². The van der Waals surface area contributed by atoms with Crippen LogP contribution in [0.25, 0.3) is 0 Å². The molecule has 4 nitrogen and oxygen atoms in total. The first-order valence-electron chi connectivity index (χ1n) is 4.24. The van der Waals surface area contributed by atoms with Crippen molar-refractivity contribution in [3.05, 3.63) is 0 Å². The van der Waals surface area contributed by atoms with E-state index in [0.29, 0.717) is 6.61 Å². The van der Waals surface area contributed by atoms with Crippen molar-refractivity contribution in [3.8, 4) is 0 Å². The third-order valence-corrected chi connectivity index (χ3v) is 3.23. The molecule has 0 aromatic heterocycles. The fourth-order valence-corrected chi connectivity index (χ4v) is 1.48. The number of rotatable bonds is 8. The molecule has 0 aliphatic carbocycles. The molecule has 13 heavy (non-hydrogen) atoms. The molecule has 0 radical (unpaired) electrons. The van der Waals surface area contributed by atoms with Gasteiger partial charge in [0.2, 0.25) is 0 Å². The Bertz CT molecular complexity index is 165. The predicted molar refractivity (Wildman–Crippen MR) is 52.8 cm³/mol. The highest BCUT2D eigenvalue weighted by Gasteiger charge is 1.99. The molecular formula is C7H16O4PS-. The molecule has 0 amide bonds. The summed E-state index contributed by atoms with van der Waals surface area (Å²) in [6.45, 7) is -2.61. The predicted octanol–water partition coefficient (Wildman–Crippen LogP) is 0.787. The first kappa shape index (κ1) is 13.5. The van der Waals surface area contributed by atoms with Gasteiger partial charge in [0.15, 0.2) is 0 Å². The second-order valence-electron chi connectivity index (χ2n) is 2.60. The molecule has 6 heteroatoms. The standard InChI is InChI=1S/C7H17O4PS/c1-10-12(9,13)11-7-5-3-2-4-6-8/h8H,2-7H2,1H3,(H,9,13)/p-1. The van der Waals surface area contributed by atoms with Crippen molar-refractivity contribution in [1.82, 2.24) is 0 Å². The van der Waals surface area contributed by atoms with Gasteiger partial charge in [-0.3, -0.25) is 0 Å². The van der Waals surface area contributed by atoms with E-state index in [1.165, 1.54) is 7.11 Å². The lowest BCUT2D eigenvalue weighted by molar-refractivity contribution is -0.204. The molecule has 0 aromatic carbocycles. The third kappa shape index (κ3) is 8.81. The fraction of sp³-hybridized carbons (Fsp3) is 1.00. The smallest absolute Gasteiger partial charge is 0.115 e. The third-order valence-electron chi connectivity index (χ3n) is 1.53. The molecule has 1 N–H and O–H groups in total. The Morgan fingerprint density at radius 3 is 2.46 bits per heavy atom. The van der Waals surface area contributed by atoms with Crippen LogP contribution in [0, 0.1) is 0 Å². The molecular weight excluding hydrogens is 211 g/mol. The van der Waals surface area contributed by atoms with Gasteiger partial charge in [-0.2, -0.15) is 0 Å². The zero-order chi connectivity index (χ0) is 10.2. The van der Waals surface area contributed by atoms with E-state index in [-0.39, 0.29) is 6.61 Å². The van der Waals surface area contributed by atoms with Crippen LogP contribution < -0.4 is 4.89 Å². The van der Waals surface area contributed by atoms with Crippen molar-refractivity contribution >= 4 is 18.5 Å². The lowest BCUT2D eigenvalue weighted by Gasteiger charge is -2.24. The topological polar surface area (TPSA) is 61.8 Å². The summed E-state index contributed by atoms with van der Waals surface area (Å²) in [7, 11) is 1.28. The molecule has 0 aliphatic heterocycles. The van der Waals surface area contributed by atoms with E-state index in [0.717, 1.165) is 25.7 Å². The quantitative estimate of drug-likeness (QED) is 0.490. The summed E-state index contributed by atoms with van der Waals surface area (Å²) in [5, 5.41) is 8.48. The number of unbranched alkanes of at least 4 members (excludes halogenated alkanes) is 3. The van der Waals surface area contributed by atoms with Gasteiger partial charge in [0.05, 0.1) is 6.61 Å². The average molecular weight is 227 g/mol. The molecule has 0 fully saturated rings. The summed E-state index contributed by atoms with van der Waals surface area (Å²) >= 11 is 4.52. The SMILES string of the molecule is COP([O-])(=S)OCCCCCCO. The van der Waals surface area contributed by atoms with Crippen LogP contribution in [-0.4, -0.2) is 25.4 Å². The Balaban J connectivity index is 3.21. The molecule has 1 unspecified atom stereocenters. The Hall–Kier alpha value is 0.490. The maximum atomic E-state index is 11.0. The Kier molecular flexibility index (Phi) is 8.15. The summed E-state index contributed by atoms with van der Waals surface area (Å²) in [5.74, 6) is 0. The van der Waals surface area contributed by atoms with Gasteiger partial charge in [0.25, 0.3) is 0 Å².